The van der Waals surface area contributed by atoms with Crippen molar-refractivity contribution in [2.24, 2.45) is 12.8 Å². The molecule has 2 heterocycles. The Kier molecular flexibility index (Phi) is 2.44. The Morgan fingerprint density at radius 1 is 1.59 bits per heavy atom. The van der Waals surface area contributed by atoms with Crippen LogP contribution in [0.4, 0.5) is 0 Å². The summed E-state index contributed by atoms with van der Waals surface area (Å²) in [6.45, 7) is 0. The zero-order valence-corrected chi connectivity index (χ0v) is 9.80. The summed E-state index contributed by atoms with van der Waals surface area (Å²) in [5, 5.41) is 4.42. The van der Waals surface area contributed by atoms with Crippen molar-refractivity contribution in [3.63, 3.8) is 0 Å². The van der Waals surface area contributed by atoms with Gasteiger partial charge in [-0.2, -0.15) is 5.10 Å². The molecule has 0 amide bonds. The molecule has 3 N–H and O–H groups in total. The van der Waals surface area contributed by atoms with Crippen molar-refractivity contribution >= 4 is 0 Å². The van der Waals surface area contributed by atoms with Gasteiger partial charge in [-0.1, -0.05) is 0 Å². The lowest BCUT2D eigenvalue weighted by Gasteiger charge is -2.08. The molecule has 0 aliphatic heterocycles. The Morgan fingerprint density at radius 2 is 2.41 bits per heavy atom. The summed E-state index contributed by atoms with van der Waals surface area (Å²) in [7, 11) is 1.90. The number of imidazole rings is 1. The van der Waals surface area contributed by atoms with Gasteiger partial charge in [-0.25, -0.2) is 9.97 Å². The predicted molar refractivity (Wildman–Crippen MR) is 62.2 cm³/mol. The molecule has 90 valence electrons. The number of aromatic nitrogens is 5. The van der Waals surface area contributed by atoms with E-state index in [1.54, 1.807) is 17.2 Å². The van der Waals surface area contributed by atoms with Crippen LogP contribution in [0.1, 0.15) is 42.1 Å². The van der Waals surface area contributed by atoms with Crippen molar-refractivity contribution in [2.45, 2.75) is 31.2 Å². The van der Waals surface area contributed by atoms with Crippen LogP contribution in [0.3, 0.4) is 0 Å². The van der Waals surface area contributed by atoms with Crippen LogP contribution >= 0.6 is 0 Å². The second-order valence-electron chi connectivity index (χ2n) is 4.61. The van der Waals surface area contributed by atoms with E-state index in [4.69, 9.17) is 5.73 Å². The van der Waals surface area contributed by atoms with E-state index in [2.05, 4.69) is 20.1 Å². The Labute approximate surface area is 99.3 Å². The van der Waals surface area contributed by atoms with Gasteiger partial charge in [0, 0.05) is 31.3 Å². The fourth-order valence-corrected chi connectivity index (χ4v) is 1.98. The van der Waals surface area contributed by atoms with Crippen molar-refractivity contribution in [1.29, 1.82) is 0 Å². The van der Waals surface area contributed by atoms with Crippen LogP contribution in [0.2, 0.25) is 0 Å². The highest BCUT2D eigenvalue weighted by molar-refractivity contribution is 5.10. The van der Waals surface area contributed by atoms with Crippen LogP contribution in [0, 0.1) is 0 Å². The van der Waals surface area contributed by atoms with Crippen molar-refractivity contribution in [3.8, 4) is 0 Å². The van der Waals surface area contributed by atoms with E-state index >= 15 is 0 Å². The molecule has 1 fully saturated rings. The number of H-pyrrole nitrogens is 1. The molecule has 6 heteroatoms. The van der Waals surface area contributed by atoms with Crippen LogP contribution in [0.15, 0.2) is 12.5 Å². The van der Waals surface area contributed by atoms with Gasteiger partial charge in [-0.3, -0.25) is 4.68 Å². The maximum Gasteiger partial charge on any atom is 0.154 e. The van der Waals surface area contributed by atoms with E-state index < -0.39 is 0 Å². The Morgan fingerprint density at radius 3 is 3.06 bits per heavy atom. The molecule has 2 aromatic heterocycles. The summed E-state index contributed by atoms with van der Waals surface area (Å²) < 4.78 is 1.80. The molecule has 1 unspecified atom stereocenters. The van der Waals surface area contributed by atoms with Gasteiger partial charge in [-0.15, -0.1) is 0 Å². The summed E-state index contributed by atoms with van der Waals surface area (Å²) in [4.78, 5) is 11.6. The maximum atomic E-state index is 6.15. The first-order valence-electron chi connectivity index (χ1n) is 5.87. The normalized spacial score (nSPS) is 17.3. The molecule has 0 spiro atoms. The highest BCUT2D eigenvalue weighted by atomic mass is 15.3. The largest absolute Gasteiger partial charge is 0.348 e. The number of nitrogens with zero attached hydrogens (tertiary/aromatic N) is 4. The average Bonchev–Trinajstić information content (AvgIpc) is 2.89. The third-order valence-corrected chi connectivity index (χ3v) is 3.08. The van der Waals surface area contributed by atoms with E-state index in [0.29, 0.717) is 12.3 Å². The minimum atomic E-state index is -0.138. The number of rotatable bonds is 4. The molecule has 0 saturated heterocycles. The monoisotopic (exact) mass is 232 g/mol. The zero-order chi connectivity index (χ0) is 11.8. The summed E-state index contributed by atoms with van der Waals surface area (Å²) in [6.07, 6.45) is 6.57. The van der Waals surface area contributed by atoms with Gasteiger partial charge < -0.3 is 10.7 Å². The van der Waals surface area contributed by atoms with Crippen molar-refractivity contribution in [2.75, 3.05) is 0 Å². The van der Waals surface area contributed by atoms with Gasteiger partial charge in [0.15, 0.2) is 5.82 Å². The predicted octanol–water partition coefficient (Wildman–Crippen LogP) is 0.658. The van der Waals surface area contributed by atoms with Gasteiger partial charge in [0.1, 0.15) is 5.82 Å². The van der Waals surface area contributed by atoms with E-state index in [1.807, 2.05) is 7.05 Å². The topological polar surface area (TPSA) is 85.4 Å². The number of aryl methyl sites for hydroxylation is 1. The first-order chi connectivity index (χ1) is 8.24. The minimum absolute atomic E-state index is 0.138. The van der Waals surface area contributed by atoms with Crippen LogP contribution in [-0.4, -0.2) is 24.7 Å². The average molecular weight is 232 g/mol. The van der Waals surface area contributed by atoms with E-state index in [1.165, 1.54) is 12.8 Å². The van der Waals surface area contributed by atoms with Crippen LogP contribution in [0.5, 0.6) is 0 Å². The molecule has 1 aliphatic rings. The minimum Gasteiger partial charge on any atom is -0.348 e. The van der Waals surface area contributed by atoms with Gasteiger partial charge in [-0.05, 0) is 12.8 Å². The molecule has 6 nitrogen and oxygen atoms in total. The lowest BCUT2D eigenvalue weighted by Crippen LogP contribution is -2.18. The lowest BCUT2D eigenvalue weighted by molar-refractivity contribution is 0.596. The van der Waals surface area contributed by atoms with E-state index in [-0.39, 0.29) is 6.04 Å². The molecule has 0 radical (unpaired) electrons. The second kappa shape index (κ2) is 3.96. The Balaban J connectivity index is 1.78. The molecule has 1 atom stereocenters. The first-order valence-corrected chi connectivity index (χ1v) is 5.87. The summed E-state index contributed by atoms with van der Waals surface area (Å²) in [5.41, 5.74) is 7.17. The van der Waals surface area contributed by atoms with Gasteiger partial charge in [0.25, 0.3) is 0 Å². The smallest absolute Gasteiger partial charge is 0.154 e. The number of aromatic amines is 1. The molecule has 2 aromatic rings. The highest BCUT2D eigenvalue weighted by Crippen LogP contribution is 2.38. The Bertz CT molecular complexity index is 496. The van der Waals surface area contributed by atoms with Crippen LogP contribution < -0.4 is 5.73 Å². The molecule has 1 saturated carbocycles. The van der Waals surface area contributed by atoms with Gasteiger partial charge in [0.2, 0.25) is 0 Å². The molecular weight excluding hydrogens is 216 g/mol. The number of nitrogens with two attached hydrogens (primary N) is 1. The molecular formula is C11H16N6. The summed E-state index contributed by atoms with van der Waals surface area (Å²) in [6, 6.07) is -0.138. The SMILES string of the molecule is Cn1nc(C2CC2)nc1C(N)Cc1cnc[nH]1. The number of hydrogen-bond acceptors (Lipinski definition) is 4. The fourth-order valence-electron chi connectivity index (χ4n) is 1.98. The van der Waals surface area contributed by atoms with Crippen molar-refractivity contribution in [3.05, 3.63) is 29.9 Å². The van der Waals surface area contributed by atoms with Gasteiger partial charge in [0.05, 0.1) is 12.4 Å². The summed E-state index contributed by atoms with van der Waals surface area (Å²) in [5.74, 6) is 2.36. The molecule has 1 aliphatic carbocycles. The molecule has 0 bridgehead atoms. The fraction of sp³-hybridized carbons (Fsp3) is 0.545. The van der Waals surface area contributed by atoms with Gasteiger partial charge >= 0.3 is 0 Å². The summed E-state index contributed by atoms with van der Waals surface area (Å²) >= 11 is 0. The second-order valence-corrected chi connectivity index (χ2v) is 4.61. The Hall–Kier alpha value is -1.69. The first kappa shape index (κ1) is 10.5. The van der Waals surface area contributed by atoms with Crippen LogP contribution in [0.25, 0.3) is 0 Å². The molecule has 0 aromatic carbocycles. The maximum absolute atomic E-state index is 6.15. The zero-order valence-electron chi connectivity index (χ0n) is 9.80. The van der Waals surface area contributed by atoms with Crippen LogP contribution in [-0.2, 0) is 13.5 Å². The standard InChI is InChI=1S/C11H16N6/c1-17-11(15-10(16-17)7-2-3-7)9(12)4-8-5-13-6-14-8/h5-7,9H,2-4,12H2,1H3,(H,13,14). The van der Waals surface area contributed by atoms with E-state index in [9.17, 15) is 0 Å². The molecule has 17 heavy (non-hydrogen) atoms. The quantitative estimate of drug-likeness (QED) is 0.810. The third kappa shape index (κ3) is 2.08. The van der Waals surface area contributed by atoms with Crippen molar-refractivity contribution in [1.82, 2.24) is 24.7 Å². The van der Waals surface area contributed by atoms with E-state index in [0.717, 1.165) is 17.3 Å². The highest BCUT2D eigenvalue weighted by Gasteiger charge is 2.29. The number of hydrogen-bond donors (Lipinski definition) is 2. The number of nitrogens with one attached hydrogen (secondary N) is 1. The van der Waals surface area contributed by atoms with Crippen molar-refractivity contribution < 1.29 is 0 Å². The third-order valence-electron chi connectivity index (χ3n) is 3.08. The lowest BCUT2D eigenvalue weighted by atomic mass is 10.1. The molecule has 3 rings (SSSR count).